The first kappa shape index (κ1) is 19.4. The summed E-state index contributed by atoms with van der Waals surface area (Å²) in [5.41, 5.74) is 0.875. The Balaban J connectivity index is 2.11. The van der Waals surface area contributed by atoms with Crippen LogP contribution in [0.4, 0.5) is 0 Å². The molecule has 1 aliphatic carbocycles. The fraction of sp³-hybridized carbons (Fsp3) is 0.444. The van der Waals surface area contributed by atoms with Gasteiger partial charge >= 0.3 is 0 Å². The molecule has 7 heteroatoms. The molecule has 25 heavy (non-hydrogen) atoms. The third-order valence-electron chi connectivity index (χ3n) is 4.11. The third-order valence-corrected chi connectivity index (χ3v) is 5.87. The zero-order chi connectivity index (χ0) is 18.3. The molecule has 1 fully saturated rings. The van der Waals surface area contributed by atoms with Crippen molar-refractivity contribution in [3.05, 3.63) is 29.8 Å². The summed E-state index contributed by atoms with van der Waals surface area (Å²) in [6.07, 6.45) is 5.23. The topological polar surface area (TPSA) is 87.0 Å². The molecule has 1 saturated carbocycles. The van der Waals surface area contributed by atoms with E-state index in [1.54, 1.807) is 17.8 Å². The van der Waals surface area contributed by atoms with Gasteiger partial charge in [-0.3, -0.25) is 9.52 Å². The standard InChI is InChI=1S/C18H20N2O3S2/c1-24-16-10-7-14(8-11-16)6-9-15-4-2-3-5-17(15)18(21)20-25(22,23)13-12-19/h7-8,10-11,15,17H,2-5,13H2,1H3,(H,20,21). The average Bonchev–Trinajstić information content (AvgIpc) is 2.60. The van der Waals surface area contributed by atoms with Gasteiger partial charge in [0, 0.05) is 16.4 Å². The van der Waals surface area contributed by atoms with Crippen LogP contribution in [0.1, 0.15) is 31.2 Å². The molecule has 1 aliphatic rings. The molecular formula is C18H20N2O3S2. The van der Waals surface area contributed by atoms with Crippen LogP contribution in [0, 0.1) is 35.0 Å². The maximum Gasteiger partial charge on any atom is 0.248 e. The molecular weight excluding hydrogens is 356 g/mol. The van der Waals surface area contributed by atoms with Crippen LogP contribution in [0.15, 0.2) is 29.2 Å². The molecule has 5 nitrogen and oxygen atoms in total. The van der Waals surface area contributed by atoms with Crippen molar-refractivity contribution in [3.63, 3.8) is 0 Å². The number of benzene rings is 1. The van der Waals surface area contributed by atoms with Crippen molar-refractivity contribution in [2.75, 3.05) is 12.0 Å². The van der Waals surface area contributed by atoms with Crippen LogP contribution < -0.4 is 4.72 Å². The number of carbonyl (C=O) groups is 1. The fourth-order valence-corrected chi connectivity index (χ4v) is 3.93. The van der Waals surface area contributed by atoms with Gasteiger partial charge in [-0.05, 0) is 43.4 Å². The zero-order valence-electron chi connectivity index (χ0n) is 14.0. The Kier molecular flexibility index (Phi) is 6.92. The summed E-state index contributed by atoms with van der Waals surface area (Å²) in [7, 11) is -3.89. The van der Waals surface area contributed by atoms with Gasteiger partial charge in [-0.1, -0.05) is 24.7 Å². The predicted molar refractivity (Wildman–Crippen MR) is 98.1 cm³/mol. The lowest BCUT2D eigenvalue weighted by molar-refractivity contribution is -0.125. The highest BCUT2D eigenvalue weighted by molar-refractivity contribution is 7.98. The van der Waals surface area contributed by atoms with E-state index in [9.17, 15) is 13.2 Å². The van der Waals surface area contributed by atoms with Gasteiger partial charge in [0.25, 0.3) is 0 Å². The van der Waals surface area contributed by atoms with E-state index in [1.807, 2.05) is 35.2 Å². The summed E-state index contributed by atoms with van der Waals surface area (Å²) >= 11 is 1.66. The largest absolute Gasteiger partial charge is 0.274 e. The number of hydrogen-bond donors (Lipinski definition) is 1. The Hall–Kier alpha value is -1.96. The number of rotatable bonds is 4. The van der Waals surface area contributed by atoms with Gasteiger partial charge < -0.3 is 0 Å². The van der Waals surface area contributed by atoms with Crippen molar-refractivity contribution in [1.29, 1.82) is 5.26 Å². The van der Waals surface area contributed by atoms with Gasteiger partial charge in [0.15, 0.2) is 5.75 Å². The van der Waals surface area contributed by atoms with Crippen LogP contribution in [0.2, 0.25) is 0 Å². The van der Waals surface area contributed by atoms with Crippen LogP contribution in [-0.4, -0.2) is 26.3 Å². The summed E-state index contributed by atoms with van der Waals surface area (Å²) in [6, 6.07) is 9.42. The van der Waals surface area contributed by atoms with Crippen molar-refractivity contribution in [2.45, 2.75) is 30.6 Å². The van der Waals surface area contributed by atoms with Gasteiger partial charge in [0.1, 0.15) is 0 Å². The summed E-state index contributed by atoms with van der Waals surface area (Å²) in [5.74, 6) is 4.34. The number of amides is 1. The predicted octanol–water partition coefficient (Wildman–Crippen LogP) is 2.54. The monoisotopic (exact) mass is 376 g/mol. The first-order valence-electron chi connectivity index (χ1n) is 8.02. The van der Waals surface area contributed by atoms with E-state index in [0.29, 0.717) is 6.42 Å². The molecule has 0 saturated heterocycles. The van der Waals surface area contributed by atoms with E-state index < -0.39 is 27.6 Å². The summed E-state index contributed by atoms with van der Waals surface area (Å²) in [4.78, 5) is 13.5. The summed E-state index contributed by atoms with van der Waals surface area (Å²) in [5, 5.41) is 8.52. The molecule has 1 amide bonds. The lowest BCUT2D eigenvalue weighted by Crippen LogP contribution is -2.40. The minimum atomic E-state index is -3.89. The van der Waals surface area contributed by atoms with E-state index in [-0.39, 0.29) is 5.92 Å². The van der Waals surface area contributed by atoms with Gasteiger partial charge in [-0.15, -0.1) is 11.8 Å². The number of nitriles is 1. The lowest BCUT2D eigenvalue weighted by Gasteiger charge is -2.26. The maximum atomic E-state index is 12.3. The number of nitrogens with one attached hydrogen (secondary N) is 1. The second-order valence-corrected chi connectivity index (χ2v) is 8.48. The molecule has 132 valence electrons. The van der Waals surface area contributed by atoms with Crippen LogP contribution in [0.5, 0.6) is 0 Å². The van der Waals surface area contributed by atoms with Crippen LogP contribution in [-0.2, 0) is 14.8 Å². The Morgan fingerprint density at radius 2 is 1.96 bits per heavy atom. The number of sulfonamides is 1. The van der Waals surface area contributed by atoms with E-state index in [2.05, 4.69) is 11.8 Å². The highest BCUT2D eigenvalue weighted by Gasteiger charge is 2.31. The zero-order valence-corrected chi connectivity index (χ0v) is 15.6. The summed E-state index contributed by atoms with van der Waals surface area (Å²) in [6.45, 7) is 0. The number of nitrogens with zero attached hydrogens (tertiary/aromatic N) is 1. The van der Waals surface area contributed by atoms with Gasteiger partial charge in [0.05, 0.1) is 12.0 Å². The Bertz CT molecular complexity index is 815. The molecule has 2 rings (SSSR count). The van der Waals surface area contributed by atoms with Crippen LogP contribution in [0.3, 0.4) is 0 Å². The first-order chi connectivity index (χ1) is 11.9. The number of carbonyl (C=O) groups excluding carboxylic acids is 1. The molecule has 0 spiro atoms. The van der Waals surface area contributed by atoms with E-state index >= 15 is 0 Å². The summed E-state index contributed by atoms with van der Waals surface area (Å²) < 4.78 is 25.3. The fourth-order valence-electron chi connectivity index (χ4n) is 2.82. The molecule has 2 unspecified atom stereocenters. The highest BCUT2D eigenvalue weighted by atomic mass is 32.2. The van der Waals surface area contributed by atoms with Crippen LogP contribution in [0.25, 0.3) is 0 Å². The molecule has 1 aromatic carbocycles. The van der Waals surface area contributed by atoms with E-state index in [1.165, 1.54) is 0 Å². The number of hydrogen-bond acceptors (Lipinski definition) is 5. The van der Waals surface area contributed by atoms with Crippen molar-refractivity contribution in [1.82, 2.24) is 4.72 Å². The van der Waals surface area contributed by atoms with Crippen molar-refractivity contribution < 1.29 is 13.2 Å². The molecule has 2 atom stereocenters. The second-order valence-electron chi connectivity index (χ2n) is 5.88. The first-order valence-corrected chi connectivity index (χ1v) is 10.9. The third kappa shape index (κ3) is 5.81. The van der Waals surface area contributed by atoms with Crippen molar-refractivity contribution in [3.8, 4) is 17.9 Å². The average molecular weight is 377 g/mol. The SMILES string of the molecule is CSc1ccc(C#CC2CCCCC2C(=O)NS(=O)(=O)CC#N)cc1. The second kappa shape index (κ2) is 8.94. The molecule has 0 bridgehead atoms. The number of thioether (sulfide) groups is 1. The molecule has 0 aromatic heterocycles. The van der Waals surface area contributed by atoms with Gasteiger partial charge in [-0.2, -0.15) is 5.26 Å². The lowest BCUT2D eigenvalue weighted by atomic mass is 9.79. The normalized spacial score (nSPS) is 20.0. The van der Waals surface area contributed by atoms with E-state index in [0.717, 1.165) is 29.7 Å². The molecule has 1 N–H and O–H groups in total. The Morgan fingerprint density at radius 1 is 1.28 bits per heavy atom. The molecule has 0 aliphatic heterocycles. The molecule has 1 aromatic rings. The maximum absolute atomic E-state index is 12.3. The Morgan fingerprint density at radius 3 is 2.60 bits per heavy atom. The quantitative estimate of drug-likeness (QED) is 0.644. The van der Waals surface area contributed by atoms with Gasteiger partial charge in [-0.25, -0.2) is 8.42 Å². The van der Waals surface area contributed by atoms with Gasteiger partial charge in [0.2, 0.25) is 15.9 Å². The van der Waals surface area contributed by atoms with Crippen LogP contribution >= 0.6 is 11.8 Å². The molecule has 0 heterocycles. The van der Waals surface area contributed by atoms with Crippen molar-refractivity contribution in [2.24, 2.45) is 11.8 Å². The minimum absolute atomic E-state index is 0.175. The molecule has 0 radical (unpaired) electrons. The minimum Gasteiger partial charge on any atom is -0.274 e. The van der Waals surface area contributed by atoms with E-state index in [4.69, 9.17) is 5.26 Å². The Labute approximate surface area is 153 Å². The highest BCUT2D eigenvalue weighted by Crippen LogP contribution is 2.30. The van der Waals surface area contributed by atoms with Crippen molar-refractivity contribution >= 4 is 27.7 Å². The smallest absolute Gasteiger partial charge is 0.248 e.